The topological polar surface area (TPSA) is 90.6 Å². The minimum absolute atomic E-state index is 0.0197. The summed E-state index contributed by atoms with van der Waals surface area (Å²) in [6, 6.07) is 5.85. The number of likely N-dealkylation sites (N-methyl/N-ethyl adjacent to an activating group) is 1. The third-order valence-electron chi connectivity index (χ3n) is 2.58. The van der Waals surface area contributed by atoms with Crippen molar-refractivity contribution in [3.05, 3.63) is 28.8 Å². The first-order chi connectivity index (χ1) is 9.32. The lowest BCUT2D eigenvalue weighted by atomic mass is 10.2. The Bertz CT molecular complexity index is 612. The SMILES string of the molecule is COCC(O)CN(C)S(=O)(=O)c1cc(C#N)ccc1Cl. The van der Waals surface area contributed by atoms with Gasteiger partial charge in [-0.3, -0.25) is 0 Å². The fourth-order valence-electron chi connectivity index (χ4n) is 1.58. The van der Waals surface area contributed by atoms with E-state index in [2.05, 4.69) is 0 Å². The van der Waals surface area contributed by atoms with Gasteiger partial charge in [-0.25, -0.2) is 8.42 Å². The van der Waals surface area contributed by atoms with Gasteiger partial charge in [-0.2, -0.15) is 9.57 Å². The zero-order valence-corrected chi connectivity index (χ0v) is 12.6. The molecule has 0 aromatic heterocycles. The third kappa shape index (κ3) is 3.91. The van der Waals surface area contributed by atoms with E-state index in [-0.39, 0.29) is 28.6 Å². The van der Waals surface area contributed by atoms with Gasteiger partial charge in [0.25, 0.3) is 0 Å². The minimum Gasteiger partial charge on any atom is -0.389 e. The molecule has 0 amide bonds. The lowest BCUT2D eigenvalue weighted by Crippen LogP contribution is -2.36. The Kier molecular flexibility index (Phi) is 5.92. The van der Waals surface area contributed by atoms with E-state index >= 15 is 0 Å². The molecule has 1 aromatic carbocycles. The van der Waals surface area contributed by atoms with Gasteiger partial charge in [0.15, 0.2) is 0 Å². The number of nitrogens with zero attached hydrogens (tertiary/aromatic N) is 2. The molecule has 0 bridgehead atoms. The summed E-state index contributed by atoms with van der Waals surface area (Å²) in [7, 11) is -1.15. The number of nitriles is 1. The second-order valence-corrected chi connectivity index (χ2v) is 6.57. The Morgan fingerprint density at radius 1 is 1.55 bits per heavy atom. The van der Waals surface area contributed by atoms with Crippen molar-refractivity contribution in [2.45, 2.75) is 11.0 Å². The van der Waals surface area contributed by atoms with Crippen LogP contribution in [0.15, 0.2) is 23.1 Å². The molecule has 0 aliphatic rings. The van der Waals surface area contributed by atoms with E-state index < -0.39 is 16.1 Å². The molecule has 0 heterocycles. The van der Waals surface area contributed by atoms with Crippen LogP contribution in [0.3, 0.4) is 0 Å². The van der Waals surface area contributed by atoms with E-state index in [4.69, 9.17) is 21.6 Å². The van der Waals surface area contributed by atoms with Gasteiger partial charge in [0.1, 0.15) is 4.90 Å². The Balaban J connectivity index is 3.07. The number of aliphatic hydroxyl groups excluding tert-OH is 1. The molecule has 0 aliphatic carbocycles. The summed E-state index contributed by atoms with van der Waals surface area (Å²) in [5, 5.41) is 18.4. The van der Waals surface area contributed by atoms with Crippen LogP contribution in [0.2, 0.25) is 5.02 Å². The third-order valence-corrected chi connectivity index (χ3v) is 4.88. The molecule has 0 radical (unpaired) electrons. The zero-order chi connectivity index (χ0) is 15.3. The molecular weight excluding hydrogens is 304 g/mol. The second kappa shape index (κ2) is 7.02. The number of ether oxygens (including phenoxy) is 1. The van der Waals surface area contributed by atoms with Crippen molar-refractivity contribution in [3.8, 4) is 6.07 Å². The maximum absolute atomic E-state index is 12.3. The highest BCUT2D eigenvalue weighted by Crippen LogP contribution is 2.25. The summed E-state index contributed by atoms with van der Waals surface area (Å²) in [5.41, 5.74) is 0.193. The first-order valence-electron chi connectivity index (χ1n) is 5.66. The summed E-state index contributed by atoms with van der Waals surface area (Å²) < 4.78 is 30.4. The van der Waals surface area contributed by atoms with Crippen LogP contribution in [0.1, 0.15) is 5.56 Å². The molecule has 0 saturated carbocycles. The largest absolute Gasteiger partial charge is 0.389 e. The lowest BCUT2D eigenvalue weighted by Gasteiger charge is -2.20. The van der Waals surface area contributed by atoms with Gasteiger partial charge in [0, 0.05) is 20.7 Å². The van der Waals surface area contributed by atoms with Crippen molar-refractivity contribution in [1.29, 1.82) is 5.26 Å². The summed E-state index contributed by atoms with van der Waals surface area (Å²) in [6.45, 7) is -0.116. The van der Waals surface area contributed by atoms with E-state index in [9.17, 15) is 13.5 Å². The predicted octanol–water partition coefficient (Wildman–Crippen LogP) is 0.839. The molecule has 1 rings (SSSR count). The van der Waals surface area contributed by atoms with Crippen LogP contribution in [0.25, 0.3) is 0 Å². The molecule has 0 fully saturated rings. The van der Waals surface area contributed by atoms with Crippen molar-refractivity contribution in [2.75, 3.05) is 27.3 Å². The number of hydrogen-bond donors (Lipinski definition) is 1. The van der Waals surface area contributed by atoms with Crippen LogP contribution >= 0.6 is 11.6 Å². The van der Waals surface area contributed by atoms with Gasteiger partial charge in [-0.15, -0.1) is 0 Å². The first kappa shape index (κ1) is 16.9. The van der Waals surface area contributed by atoms with Crippen molar-refractivity contribution >= 4 is 21.6 Å². The minimum atomic E-state index is -3.88. The fourth-order valence-corrected chi connectivity index (χ4v) is 3.28. The molecule has 0 saturated heterocycles. The Labute approximate surface area is 123 Å². The van der Waals surface area contributed by atoms with Gasteiger partial charge in [0.05, 0.1) is 29.4 Å². The van der Waals surface area contributed by atoms with Crippen molar-refractivity contribution in [1.82, 2.24) is 4.31 Å². The van der Waals surface area contributed by atoms with Gasteiger partial charge in [0.2, 0.25) is 10.0 Å². The summed E-state index contributed by atoms with van der Waals surface area (Å²) in [4.78, 5) is -0.162. The number of hydrogen-bond acceptors (Lipinski definition) is 5. The fraction of sp³-hybridized carbons (Fsp3) is 0.417. The van der Waals surface area contributed by atoms with E-state index in [1.165, 1.54) is 32.4 Å². The molecular formula is C12H15ClN2O4S. The first-order valence-corrected chi connectivity index (χ1v) is 7.47. The van der Waals surface area contributed by atoms with E-state index in [1.54, 1.807) is 0 Å². The molecule has 8 heteroatoms. The average molecular weight is 319 g/mol. The summed E-state index contributed by atoms with van der Waals surface area (Å²) >= 11 is 5.88. The van der Waals surface area contributed by atoms with Gasteiger partial charge >= 0.3 is 0 Å². The molecule has 1 aromatic rings. The highest BCUT2D eigenvalue weighted by Gasteiger charge is 2.25. The standard InChI is InChI=1S/C12H15ClN2O4S/c1-15(7-10(16)8-19-2)20(17,18)12-5-9(6-14)3-4-11(12)13/h3-5,10,16H,7-8H2,1-2H3. The molecule has 20 heavy (non-hydrogen) atoms. The van der Waals surface area contributed by atoms with Crippen LogP contribution in [0, 0.1) is 11.3 Å². The molecule has 1 unspecified atom stereocenters. The normalized spacial score (nSPS) is 13.2. The van der Waals surface area contributed by atoms with Crippen LogP contribution in [-0.4, -0.2) is 51.2 Å². The molecule has 0 spiro atoms. The molecule has 1 N–H and O–H groups in total. The number of benzene rings is 1. The molecule has 6 nitrogen and oxygen atoms in total. The van der Waals surface area contributed by atoms with Gasteiger partial charge in [-0.05, 0) is 18.2 Å². The Morgan fingerprint density at radius 3 is 2.75 bits per heavy atom. The maximum atomic E-state index is 12.3. The van der Waals surface area contributed by atoms with Crippen molar-refractivity contribution in [2.24, 2.45) is 0 Å². The Hall–Kier alpha value is -1.17. The summed E-state index contributed by atoms with van der Waals surface area (Å²) in [6.07, 6.45) is -0.947. The number of rotatable bonds is 6. The average Bonchev–Trinajstić information content (AvgIpc) is 2.39. The summed E-state index contributed by atoms with van der Waals surface area (Å²) in [5.74, 6) is 0. The monoisotopic (exact) mass is 318 g/mol. The number of sulfonamides is 1. The van der Waals surface area contributed by atoms with E-state index in [0.29, 0.717) is 0 Å². The van der Waals surface area contributed by atoms with Gasteiger partial charge < -0.3 is 9.84 Å². The van der Waals surface area contributed by atoms with Crippen LogP contribution in [0.4, 0.5) is 0 Å². The van der Waals surface area contributed by atoms with Gasteiger partial charge in [-0.1, -0.05) is 11.6 Å². The van der Waals surface area contributed by atoms with Crippen LogP contribution in [0.5, 0.6) is 0 Å². The number of halogens is 1. The highest BCUT2D eigenvalue weighted by atomic mass is 35.5. The molecule has 110 valence electrons. The number of aliphatic hydroxyl groups is 1. The molecule has 0 aliphatic heterocycles. The Morgan fingerprint density at radius 2 is 2.20 bits per heavy atom. The maximum Gasteiger partial charge on any atom is 0.244 e. The highest BCUT2D eigenvalue weighted by molar-refractivity contribution is 7.89. The van der Waals surface area contributed by atoms with Crippen molar-refractivity contribution < 1.29 is 18.3 Å². The van der Waals surface area contributed by atoms with E-state index in [1.807, 2.05) is 6.07 Å². The van der Waals surface area contributed by atoms with E-state index in [0.717, 1.165) is 4.31 Å². The predicted molar refractivity (Wildman–Crippen MR) is 73.9 cm³/mol. The number of methoxy groups -OCH3 is 1. The van der Waals surface area contributed by atoms with Crippen LogP contribution < -0.4 is 0 Å². The zero-order valence-electron chi connectivity index (χ0n) is 11.1. The smallest absolute Gasteiger partial charge is 0.244 e. The van der Waals surface area contributed by atoms with Crippen LogP contribution in [-0.2, 0) is 14.8 Å². The quantitative estimate of drug-likeness (QED) is 0.839. The molecule has 1 atom stereocenters. The van der Waals surface area contributed by atoms with Crippen molar-refractivity contribution in [3.63, 3.8) is 0 Å². The second-order valence-electron chi connectivity index (χ2n) is 4.15. The lowest BCUT2D eigenvalue weighted by molar-refractivity contribution is 0.0554.